The number of ether oxygens (including phenoxy) is 2. The van der Waals surface area contributed by atoms with E-state index in [1.807, 2.05) is 0 Å². The first-order valence-corrected chi connectivity index (χ1v) is 13.6. The first-order chi connectivity index (χ1) is 18.1. The summed E-state index contributed by atoms with van der Waals surface area (Å²) >= 11 is 0. The minimum absolute atomic E-state index is 0.000873. The molecule has 1 aliphatic rings. The standard InChI is InChI=1S/C34H39NO2/c1-26-20-34(24-36-22-28-12-5-3-6-13-28,25-37-23-29-14-7-4-8-15-29)21-33(26)35-27(2)31-19-11-17-30-16-9-10-18-32(30)31/h3-19,26-27,33,35H,20-25H2,1-2H3/t26?,27-,33?/m0/s1. The number of hydrogen-bond acceptors (Lipinski definition) is 3. The predicted octanol–water partition coefficient (Wildman–Crippen LogP) is 7.71. The molecule has 1 fully saturated rings. The molecule has 37 heavy (non-hydrogen) atoms. The number of nitrogens with one attached hydrogen (secondary N) is 1. The third-order valence-corrected chi connectivity index (χ3v) is 7.89. The molecule has 0 aliphatic heterocycles. The van der Waals surface area contributed by atoms with Crippen molar-refractivity contribution in [1.82, 2.24) is 5.32 Å². The third kappa shape index (κ3) is 6.48. The van der Waals surface area contributed by atoms with Crippen LogP contribution in [0.1, 0.15) is 49.4 Å². The van der Waals surface area contributed by atoms with Gasteiger partial charge in [-0.15, -0.1) is 0 Å². The zero-order valence-corrected chi connectivity index (χ0v) is 22.1. The molecule has 3 atom stereocenters. The Morgan fingerprint density at radius 3 is 1.95 bits per heavy atom. The number of hydrogen-bond donors (Lipinski definition) is 1. The lowest BCUT2D eigenvalue weighted by molar-refractivity contribution is -0.0322. The molecule has 4 aromatic carbocycles. The van der Waals surface area contributed by atoms with E-state index in [4.69, 9.17) is 9.47 Å². The molecular formula is C34H39NO2. The lowest BCUT2D eigenvalue weighted by Crippen LogP contribution is -2.36. The van der Waals surface area contributed by atoms with Gasteiger partial charge in [0.25, 0.3) is 0 Å². The molecule has 5 rings (SSSR count). The Labute approximate surface area is 221 Å². The van der Waals surface area contributed by atoms with Crippen molar-refractivity contribution in [3.8, 4) is 0 Å². The first-order valence-electron chi connectivity index (χ1n) is 13.6. The quantitative estimate of drug-likeness (QED) is 0.232. The molecule has 1 saturated carbocycles. The topological polar surface area (TPSA) is 30.5 Å². The van der Waals surface area contributed by atoms with E-state index in [0.717, 1.165) is 12.8 Å². The molecule has 1 N–H and O–H groups in total. The average Bonchev–Trinajstić information content (AvgIpc) is 3.24. The fourth-order valence-corrected chi connectivity index (χ4v) is 6.04. The van der Waals surface area contributed by atoms with Crippen LogP contribution >= 0.6 is 0 Å². The minimum Gasteiger partial charge on any atom is -0.376 e. The van der Waals surface area contributed by atoms with Gasteiger partial charge in [0, 0.05) is 17.5 Å². The summed E-state index contributed by atoms with van der Waals surface area (Å²) in [7, 11) is 0. The van der Waals surface area contributed by atoms with Crippen molar-refractivity contribution >= 4 is 10.8 Å². The Bertz CT molecular complexity index is 1210. The van der Waals surface area contributed by atoms with Crippen LogP contribution in [0.4, 0.5) is 0 Å². The average molecular weight is 494 g/mol. The largest absolute Gasteiger partial charge is 0.376 e. The van der Waals surface area contributed by atoms with E-state index < -0.39 is 0 Å². The number of fused-ring (bicyclic) bond motifs is 1. The second-order valence-electron chi connectivity index (χ2n) is 10.9. The van der Waals surface area contributed by atoms with Crippen LogP contribution in [0, 0.1) is 11.3 Å². The van der Waals surface area contributed by atoms with Gasteiger partial charge in [0.15, 0.2) is 0 Å². The van der Waals surface area contributed by atoms with Crippen LogP contribution in [0.3, 0.4) is 0 Å². The SMILES string of the molecule is CC1CC(COCc2ccccc2)(COCc2ccccc2)CC1N[C@@H](C)c1cccc2ccccc12. The van der Waals surface area contributed by atoms with Gasteiger partial charge in [-0.1, -0.05) is 110 Å². The van der Waals surface area contributed by atoms with Crippen LogP contribution in [0.2, 0.25) is 0 Å². The lowest BCUT2D eigenvalue weighted by atomic mass is 9.87. The van der Waals surface area contributed by atoms with Crippen LogP contribution < -0.4 is 5.32 Å². The van der Waals surface area contributed by atoms with Gasteiger partial charge in [-0.3, -0.25) is 0 Å². The summed E-state index contributed by atoms with van der Waals surface area (Å²) in [5, 5.41) is 6.63. The Balaban J connectivity index is 1.27. The molecule has 3 nitrogen and oxygen atoms in total. The third-order valence-electron chi connectivity index (χ3n) is 7.89. The fraction of sp³-hybridized carbons (Fsp3) is 0.353. The van der Waals surface area contributed by atoms with Gasteiger partial charge in [0.2, 0.25) is 0 Å². The van der Waals surface area contributed by atoms with Gasteiger partial charge in [0.1, 0.15) is 0 Å². The molecule has 4 aromatic rings. The number of benzene rings is 4. The van der Waals surface area contributed by atoms with E-state index in [1.165, 1.54) is 27.5 Å². The second kappa shape index (κ2) is 12.0. The van der Waals surface area contributed by atoms with Gasteiger partial charge >= 0.3 is 0 Å². The normalized spacial score (nSPS) is 19.7. The molecular weight excluding hydrogens is 454 g/mol. The van der Waals surface area contributed by atoms with E-state index in [-0.39, 0.29) is 11.5 Å². The molecule has 0 spiro atoms. The molecule has 0 bridgehead atoms. The molecule has 0 radical (unpaired) electrons. The second-order valence-corrected chi connectivity index (χ2v) is 10.9. The van der Waals surface area contributed by atoms with Crippen molar-refractivity contribution in [2.24, 2.45) is 11.3 Å². The van der Waals surface area contributed by atoms with Crippen LogP contribution in [0.15, 0.2) is 103 Å². The summed E-state index contributed by atoms with van der Waals surface area (Å²) in [5.41, 5.74) is 3.80. The monoisotopic (exact) mass is 493 g/mol. The van der Waals surface area contributed by atoms with Crippen molar-refractivity contribution < 1.29 is 9.47 Å². The highest BCUT2D eigenvalue weighted by Crippen LogP contribution is 2.44. The first kappa shape index (κ1) is 25.7. The molecule has 1 aliphatic carbocycles. The lowest BCUT2D eigenvalue weighted by Gasteiger charge is -2.30. The Morgan fingerprint density at radius 1 is 0.730 bits per heavy atom. The molecule has 0 aromatic heterocycles. The van der Waals surface area contributed by atoms with E-state index in [1.54, 1.807) is 0 Å². The van der Waals surface area contributed by atoms with Gasteiger partial charge in [0.05, 0.1) is 26.4 Å². The summed E-state index contributed by atoms with van der Waals surface area (Å²) in [6, 6.07) is 36.9. The smallest absolute Gasteiger partial charge is 0.0717 e. The van der Waals surface area contributed by atoms with E-state index >= 15 is 0 Å². The van der Waals surface area contributed by atoms with Crippen LogP contribution in [0.5, 0.6) is 0 Å². The van der Waals surface area contributed by atoms with E-state index in [0.29, 0.717) is 38.4 Å². The maximum atomic E-state index is 6.35. The van der Waals surface area contributed by atoms with Crippen molar-refractivity contribution in [2.45, 2.75) is 52.0 Å². The van der Waals surface area contributed by atoms with Gasteiger partial charge in [-0.2, -0.15) is 0 Å². The fourth-order valence-electron chi connectivity index (χ4n) is 6.04. The zero-order valence-electron chi connectivity index (χ0n) is 22.1. The predicted molar refractivity (Wildman–Crippen MR) is 152 cm³/mol. The molecule has 0 amide bonds. The van der Waals surface area contributed by atoms with E-state index in [9.17, 15) is 0 Å². The molecule has 0 saturated heterocycles. The summed E-state index contributed by atoms with van der Waals surface area (Å²) < 4.78 is 12.7. The number of rotatable bonds is 11. The highest BCUT2D eigenvalue weighted by molar-refractivity contribution is 5.86. The van der Waals surface area contributed by atoms with Crippen LogP contribution in [-0.4, -0.2) is 19.3 Å². The van der Waals surface area contributed by atoms with Gasteiger partial charge in [-0.25, -0.2) is 0 Å². The molecule has 0 heterocycles. The minimum atomic E-state index is -0.000873. The maximum Gasteiger partial charge on any atom is 0.0717 e. The van der Waals surface area contributed by atoms with Crippen molar-refractivity contribution in [2.75, 3.05) is 13.2 Å². The molecule has 2 unspecified atom stereocenters. The van der Waals surface area contributed by atoms with Gasteiger partial charge < -0.3 is 14.8 Å². The maximum absolute atomic E-state index is 6.35. The summed E-state index contributed by atoms with van der Waals surface area (Å²) in [6.45, 7) is 7.37. The van der Waals surface area contributed by atoms with Crippen molar-refractivity contribution in [3.05, 3.63) is 120 Å². The van der Waals surface area contributed by atoms with Crippen LogP contribution in [0.25, 0.3) is 10.8 Å². The zero-order chi connectivity index (χ0) is 25.5. The summed E-state index contributed by atoms with van der Waals surface area (Å²) in [6.07, 6.45) is 2.14. The summed E-state index contributed by atoms with van der Waals surface area (Å²) in [4.78, 5) is 0. The van der Waals surface area contributed by atoms with Crippen molar-refractivity contribution in [3.63, 3.8) is 0 Å². The van der Waals surface area contributed by atoms with Crippen molar-refractivity contribution in [1.29, 1.82) is 0 Å². The Hall–Kier alpha value is -2.98. The molecule has 192 valence electrons. The van der Waals surface area contributed by atoms with Gasteiger partial charge in [-0.05, 0) is 53.1 Å². The summed E-state index contributed by atoms with van der Waals surface area (Å²) in [5.74, 6) is 0.540. The highest BCUT2D eigenvalue weighted by Gasteiger charge is 2.44. The highest BCUT2D eigenvalue weighted by atomic mass is 16.5. The van der Waals surface area contributed by atoms with Crippen LogP contribution in [-0.2, 0) is 22.7 Å². The Morgan fingerprint density at radius 2 is 1.30 bits per heavy atom. The Kier molecular flexibility index (Phi) is 8.35. The van der Waals surface area contributed by atoms with E-state index in [2.05, 4.69) is 122 Å². The molecule has 3 heteroatoms.